The maximum Gasteiger partial charge on any atom is 0.350 e. The van der Waals surface area contributed by atoms with Gasteiger partial charge in [0.05, 0.1) is 37.6 Å². The van der Waals surface area contributed by atoms with Crippen LogP contribution in [0.2, 0.25) is 0 Å². The van der Waals surface area contributed by atoms with E-state index in [2.05, 4.69) is 18.5 Å². The predicted octanol–water partition coefficient (Wildman–Crippen LogP) is 6.40. The molecule has 4 rings (SSSR count). The van der Waals surface area contributed by atoms with Crippen LogP contribution in [0.5, 0.6) is 17.2 Å². The first kappa shape index (κ1) is 32.3. The number of hydrogen-bond acceptors (Lipinski definition) is 10. The van der Waals surface area contributed by atoms with Crippen molar-refractivity contribution in [1.29, 1.82) is 0 Å². The van der Waals surface area contributed by atoms with Gasteiger partial charge in [0.15, 0.2) is 16.6 Å². The molecule has 1 fully saturated rings. The molecule has 2 heterocycles. The number of aromatic nitrogens is 1. The molecule has 0 bridgehead atoms. The third kappa shape index (κ3) is 6.78. The van der Waals surface area contributed by atoms with Gasteiger partial charge in [0.2, 0.25) is 0 Å². The van der Waals surface area contributed by atoms with Gasteiger partial charge in [0.25, 0.3) is 5.78 Å². The van der Waals surface area contributed by atoms with Crippen molar-refractivity contribution in [2.45, 2.75) is 46.1 Å². The molecular weight excluding hydrogens is 584 g/mol. The highest BCUT2D eigenvalue weighted by molar-refractivity contribution is 7.17. The summed E-state index contributed by atoms with van der Waals surface area (Å²) in [4.78, 5) is 45.9. The Bertz CT molecular complexity index is 1580. The quantitative estimate of drug-likeness (QED) is 0.0545. The van der Waals surface area contributed by atoms with Gasteiger partial charge in [-0.3, -0.25) is 14.5 Å². The van der Waals surface area contributed by atoms with Crippen molar-refractivity contribution in [3.63, 3.8) is 0 Å². The summed E-state index contributed by atoms with van der Waals surface area (Å²) in [6.45, 7) is 10.0. The molecule has 44 heavy (non-hydrogen) atoms. The second-order valence-electron chi connectivity index (χ2n) is 9.89. The fourth-order valence-corrected chi connectivity index (χ4v) is 5.77. The van der Waals surface area contributed by atoms with Crippen molar-refractivity contribution in [2.75, 3.05) is 31.8 Å². The number of esters is 1. The highest BCUT2D eigenvalue weighted by Crippen LogP contribution is 2.45. The molecule has 1 saturated heterocycles. The Morgan fingerprint density at radius 1 is 1.11 bits per heavy atom. The van der Waals surface area contributed by atoms with E-state index in [9.17, 15) is 19.5 Å². The number of ketones is 1. The number of carbonyl (C=O) groups excluding carboxylic acids is 3. The smallest absolute Gasteiger partial charge is 0.350 e. The Balaban J connectivity index is 1.86. The van der Waals surface area contributed by atoms with Crippen LogP contribution in [0.1, 0.15) is 65.6 Å². The van der Waals surface area contributed by atoms with E-state index in [0.717, 1.165) is 30.6 Å². The van der Waals surface area contributed by atoms with E-state index >= 15 is 0 Å². The molecule has 3 aromatic rings. The minimum absolute atomic E-state index is 0.00346. The Kier molecular flexibility index (Phi) is 10.8. The lowest BCUT2D eigenvalue weighted by molar-refractivity contribution is -0.132. The summed E-state index contributed by atoms with van der Waals surface area (Å²) >= 11 is 0.920. The summed E-state index contributed by atoms with van der Waals surface area (Å²) in [6, 6.07) is 10.6. The fourth-order valence-electron chi connectivity index (χ4n) is 4.78. The SMILES string of the molecule is C=CCOC(=O)c1sc(N2C(=O)C(=O)C(=C(O)c3cccc(OCC)c3)C2c2ccc(OCCCCC)c(OC)c2)nc1C. The Hall–Kier alpha value is -4.64. The normalized spacial score (nSPS) is 15.7. The summed E-state index contributed by atoms with van der Waals surface area (Å²) < 4.78 is 22.3. The molecule has 1 aliphatic rings. The zero-order chi connectivity index (χ0) is 31.8. The number of methoxy groups -OCH3 is 1. The van der Waals surface area contributed by atoms with Gasteiger partial charge in [-0.2, -0.15) is 0 Å². The fraction of sp³-hybridized carbons (Fsp3) is 0.333. The summed E-state index contributed by atoms with van der Waals surface area (Å²) in [5.41, 5.74) is 0.947. The third-order valence-corrected chi connectivity index (χ3v) is 8.02. The van der Waals surface area contributed by atoms with Gasteiger partial charge in [0, 0.05) is 5.56 Å². The highest BCUT2D eigenvalue weighted by atomic mass is 32.1. The van der Waals surface area contributed by atoms with Crippen LogP contribution in [0.15, 0.2) is 60.7 Å². The molecule has 1 aromatic heterocycles. The van der Waals surface area contributed by atoms with Gasteiger partial charge < -0.3 is 24.1 Å². The van der Waals surface area contributed by atoms with E-state index in [1.54, 1.807) is 49.4 Å². The number of nitrogens with zero attached hydrogens (tertiary/aromatic N) is 2. The van der Waals surface area contributed by atoms with Gasteiger partial charge in [-0.05, 0) is 50.1 Å². The lowest BCUT2D eigenvalue weighted by Crippen LogP contribution is -2.29. The number of anilines is 1. The summed E-state index contributed by atoms with van der Waals surface area (Å²) in [5, 5.41) is 11.7. The minimum atomic E-state index is -1.10. The van der Waals surface area contributed by atoms with Gasteiger partial charge in [-0.15, -0.1) is 0 Å². The molecule has 2 aromatic carbocycles. The van der Waals surface area contributed by atoms with E-state index in [4.69, 9.17) is 18.9 Å². The van der Waals surface area contributed by atoms with Gasteiger partial charge in [-0.25, -0.2) is 9.78 Å². The van der Waals surface area contributed by atoms with Crippen molar-refractivity contribution < 1.29 is 38.4 Å². The van der Waals surface area contributed by atoms with Crippen LogP contribution >= 0.6 is 11.3 Å². The first-order chi connectivity index (χ1) is 21.2. The van der Waals surface area contributed by atoms with Crippen LogP contribution in [-0.4, -0.2) is 54.7 Å². The molecule has 10 nitrogen and oxygen atoms in total. The second-order valence-corrected chi connectivity index (χ2v) is 10.9. The number of Topliss-reactive ketones (excluding diaryl/α,β-unsaturated/α-hetero) is 1. The monoisotopic (exact) mass is 620 g/mol. The van der Waals surface area contributed by atoms with Crippen LogP contribution in [0.25, 0.3) is 5.76 Å². The zero-order valence-electron chi connectivity index (χ0n) is 25.3. The molecule has 11 heteroatoms. The Labute approximate surface area is 260 Å². The Morgan fingerprint density at radius 2 is 1.91 bits per heavy atom. The maximum atomic E-state index is 13.7. The number of ether oxygens (including phenoxy) is 4. The summed E-state index contributed by atoms with van der Waals surface area (Å²) in [6.07, 6.45) is 4.40. The number of carbonyl (C=O) groups is 3. The molecule has 0 aliphatic carbocycles. The standard InChI is InChI=1S/C33H36N2O8S/c1-6-9-10-17-42-24-15-14-21(19-25(24)40-5)27-26(28(36)22-12-11-13-23(18-22)41-8-3)29(37)31(38)35(27)33-34-20(4)30(44-33)32(39)43-16-7-2/h7,11-15,18-19,27,36H,2,6,8-10,16-17H2,1,3-5H3. The maximum absolute atomic E-state index is 13.7. The minimum Gasteiger partial charge on any atom is -0.507 e. The topological polar surface area (TPSA) is 124 Å². The van der Waals surface area contributed by atoms with Crippen LogP contribution in [0, 0.1) is 6.92 Å². The van der Waals surface area contributed by atoms with Crippen LogP contribution in [0.4, 0.5) is 5.13 Å². The lowest BCUT2D eigenvalue weighted by Gasteiger charge is -2.24. The van der Waals surface area contributed by atoms with Crippen molar-refractivity contribution in [3.05, 3.63) is 82.4 Å². The molecule has 0 saturated carbocycles. The number of aliphatic hydroxyl groups excluding tert-OH is 1. The number of thiazole rings is 1. The molecule has 1 atom stereocenters. The van der Waals surface area contributed by atoms with E-state index in [1.165, 1.54) is 18.1 Å². The van der Waals surface area contributed by atoms with Crippen molar-refractivity contribution in [1.82, 2.24) is 4.98 Å². The van der Waals surface area contributed by atoms with Crippen LogP contribution < -0.4 is 19.1 Å². The molecule has 0 radical (unpaired) electrons. The van der Waals surface area contributed by atoms with Gasteiger partial charge >= 0.3 is 11.9 Å². The van der Waals surface area contributed by atoms with Crippen LogP contribution in [0.3, 0.4) is 0 Å². The summed E-state index contributed by atoms with van der Waals surface area (Å²) in [7, 11) is 1.50. The largest absolute Gasteiger partial charge is 0.507 e. The second kappa shape index (κ2) is 14.7. The first-order valence-corrected chi connectivity index (χ1v) is 15.2. The number of benzene rings is 2. The molecule has 0 spiro atoms. The molecule has 1 N–H and O–H groups in total. The highest BCUT2D eigenvalue weighted by Gasteiger charge is 2.48. The third-order valence-electron chi connectivity index (χ3n) is 6.88. The molecule has 232 valence electrons. The summed E-state index contributed by atoms with van der Waals surface area (Å²) in [5.74, 6) is -1.42. The van der Waals surface area contributed by atoms with Crippen LogP contribution in [-0.2, 0) is 14.3 Å². The Morgan fingerprint density at radius 3 is 2.61 bits per heavy atom. The lowest BCUT2D eigenvalue weighted by atomic mass is 9.95. The number of unbranched alkanes of at least 4 members (excludes halogenated alkanes) is 2. The number of aliphatic hydroxyl groups is 1. The molecule has 1 aliphatic heterocycles. The average molecular weight is 621 g/mol. The van der Waals surface area contributed by atoms with Crippen molar-refractivity contribution in [2.24, 2.45) is 0 Å². The van der Waals surface area contributed by atoms with Crippen molar-refractivity contribution >= 4 is 39.9 Å². The van der Waals surface area contributed by atoms with E-state index < -0.39 is 23.7 Å². The molecule has 1 amide bonds. The number of rotatable bonds is 14. The van der Waals surface area contributed by atoms with Gasteiger partial charge in [0.1, 0.15) is 23.0 Å². The van der Waals surface area contributed by atoms with E-state index in [1.807, 2.05) is 6.92 Å². The predicted molar refractivity (Wildman–Crippen MR) is 168 cm³/mol. The number of hydrogen-bond donors (Lipinski definition) is 1. The average Bonchev–Trinajstić information content (AvgIpc) is 3.54. The molecule has 1 unspecified atom stereocenters. The number of amides is 1. The van der Waals surface area contributed by atoms with E-state index in [0.29, 0.717) is 47.3 Å². The molecular formula is C33H36N2O8S. The van der Waals surface area contributed by atoms with E-state index in [-0.39, 0.29) is 27.9 Å². The van der Waals surface area contributed by atoms with Crippen molar-refractivity contribution in [3.8, 4) is 17.2 Å². The first-order valence-electron chi connectivity index (χ1n) is 14.4. The number of aryl methyl sites for hydroxylation is 1. The van der Waals surface area contributed by atoms with Gasteiger partial charge in [-0.1, -0.05) is 62.0 Å². The zero-order valence-corrected chi connectivity index (χ0v) is 26.1.